The van der Waals surface area contributed by atoms with Crippen LogP contribution in [0.15, 0.2) is 56.2 Å². The zero-order valence-corrected chi connectivity index (χ0v) is 16.5. The summed E-state index contributed by atoms with van der Waals surface area (Å²) in [6, 6.07) is 8.28. The van der Waals surface area contributed by atoms with Crippen molar-refractivity contribution in [3.8, 4) is 0 Å². The second-order valence-electron chi connectivity index (χ2n) is 4.89. The molecule has 2 aromatic rings. The zero-order valence-electron chi connectivity index (χ0n) is 13.2. The SMILES string of the molecule is O=S([O-])c1cc(N=C=S)ccc1/C=C/c1ccc(N=C=S)cc1S(=O)(=O)O. The van der Waals surface area contributed by atoms with Gasteiger partial charge in [-0.25, -0.2) is 0 Å². The second-order valence-corrected chi connectivity index (χ2v) is 7.56. The van der Waals surface area contributed by atoms with Gasteiger partial charge in [-0.1, -0.05) is 24.3 Å². The van der Waals surface area contributed by atoms with E-state index in [4.69, 9.17) is 0 Å². The van der Waals surface area contributed by atoms with Crippen LogP contribution in [-0.4, -0.2) is 32.1 Å². The van der Waals surface area contributed by atoms with Gasteiger partial charge in [0.2, 0.25) is 0 Å². The molecule has 0 bridgehead atoms. The minimum atomic E-state index is -4.55. The molecular weight excluding hydrogens is 428 g/mol. The molecule has 138 valence electrons. The molecule has 0 saturated heterocycles. The fourth-order valence-corrected chi connectivity index (χ4v) is 3.57. The van der Waals surface area contributed by atoms with E-state index in [1.54, 1.807) is 0 Å². The van der Waals surface area contributed by atoms with Crippen molar-refractivity contribution in [3.63, 3.8) is 0 Å². The summed E-state index contributed by atoms with van der Waals surface area (Å²) in [4.78, 5) is 6.91. The third-order valence-electron chi connectivity index (χ3n) is 3.24. The monoisotopic (exact) mass is 437 g/mol. The van der Waals surface area contributed by atoms with Crippen molar-refractivity contribution in [2.75, 3.05) is 0 Å². The molecular formula is C16H9N2O5S4-. The smallest absolute Gasteiger partial charge is 0.295 e. The van der Waals surface area contributed by atoms with Gasteiger partial charge in [-0.15, -0.1) is 0 Å². The van der Waals surface area contributed by atoms with Crippen molar-refractivity contribution in [3.05, 3.63) is 47.5 Å². The van der Waals surface area contributed by atoms with Gasteiger partial charge in [0, 0.05) is 4.90 Å². The van der Waals surface area contributed by atoms with Crippen molar-refractivity contribution in [2.45, 2.75) is 9.79 Å². The first-order chi connectivity index (χ1) is 12.8. The number of hydrogen-bond donors (Lipinski definition) is 1. The Morgan fingerprint density at radius 2 is 1.52 bits per heavy atom. The van der Waals surface area contributed by atoms with Crippen LogP contribution in [0.25, 0.3) is 12.2 Å². The summed E-state index contributed by atoms with van der Waals surface area (Å²) >= 11 is 6.39. The maximum Gasteiger partial charge on any atom is 0.295 e. The molecule has 0 aliphatic carbocycles. The second kappa shape index (κ2) is 9.14. The number of rotatable bonds is 6. The Kier molecular flexibility index (Phi) is 7.14. The van der Waals surface area contributed by atoms with Crippen molar-refractivity contribution in [2.24, 2.45) is 9.98 Å². The fraction of sp³-hybridized carbons (Fsp3) is 0. The Balaban J connectivity index is 2.57. The quantitative estimate of drug-likeness (QED) is 0.240. The molecule has 0 saturated carbocycles. The summed E-state index contributed by atoms with van der Waals surface area (Å²) in [6.45, 7) is 0. The molecule has 11 heteroatoms. The topological polar surface area (TPSA) is 119 Å². The lowest BCUT2D eigenvalue weighted by molar-refractivity contribution is 0.483. The molecule has 0 aliphatic rings. The highest BCUT2D eigenvalue weighted by molar-refractivity contribution is 7.86. The Hall–Kier alpha value is -2.20. The van der Waals surface area contributed by atoms with E-state index in [-0.39, 0.29) is 21.7 Å². The Morgan fingerprint density at radius 3 is 2.04 bits per heavy atom. The molecule has 0 heterocycles. The molecule has 0 fully saturated rings. The summed E-state index contributed by atoms with van der Waals surface area (Å²) < 4.78 is 55.5. The number of aliphatic imine (C=N–C) groups is 2. The first-order valence-corrected chi connectivity index (χ1v) is 10.3. The zero-order chi connectivity index (χ0) is 20.0. The van der Waals surface area contributed by atoms with Crippen LogP contribution in [0.1, 0.15) is 11.1 Å². The molecule has 2 rings (SSSR count). The summed E-state index contributed by atoms with van der Waals surface area (Å²) in [5, 5.41) is 4.24. The number of nitrogens with zero attached hydrogens (tertiary/aromatic N) is 2. The standard InChI is InChI=1S/C16H10N2O5S4/c19-26(20)15-7-13(17-9-24)5-3-11(15)1-2-12-4-6-14(18-10-25)8-16(12)27(21,22)23/h1-8H,(H,19,20)(H,21,22,23)/p-1/b2-1+. The van der Waals surface area contributed by atoms with Gasteiger partial charge in [-0.2, -0.15) is 18.4 Å². The van der Waals surface area contributed by atoms with E-state index in [2.05, 4.69) is 44.7 Å². The molecule has 2 aromatic carbocycles. The number of isothiocyanates is 2. The Bertz CT molecular complexity index is 1150. The molecule has 0 amide bonds. The van der Waals surface area contributed by atoms with Crippen LogP contribution >= 0.6 is 24.4 Å². The third kappa shape index (κ3) is 5.64. The van der Waals surface area contributed by atoms with Gasteiger partial charge in [0.1, 0.15) is 4.90 Å². The molecule has 0 radical (unpaired) electrons. The summed E-state index contributed by atoms with van der Waals surface area (Å²) in [5.41, 5.74) is 0.916. The van der Waals surface area contributed by atoms with E-state index in [0.717, 1.165) is 6.07 Å². The van der Waals surface area contributed by atoms with E-state index in [9.17, 15) is 21.7 Å². The largest absolute Gasteiger partial charge is 0.768 e. The summed E-state index contributed by atoms with van der Waals surface area (Å²) in [6.07, 6.45) is 2.74. The van der Waals surface area contributed by atoms with Gasteiger partial charge in [0.25, 0.3) is 10.1 Å². The van der Waals surface area contributed by atoms with E-state index in [1.165, 1.54) is 42.5 Å². The fourth-order valence-electron chi connectivity index (χ4n) is 2.11. The number of hydrogen-bond acceptors (Lipinski definition) is 8. The summed E-state index contributed by atoms with van der Waals surface area (Å²) in [7, 11) is -4.55. The predicted molar refractivity (Wildman–Crippen MR) is 108 cm³/mol. The first kappa shape index (κ1) is 21.1. The minimum Gasteiger partial charge on any atom is -0.768 e. The normalized spacial score (nSPS) is 12.2. The molecule has 7 nitrogen and oxygen atoms in total. The third-order valence-corrected chi connectivity index (χ3v) is 5.05. The van der Waals surface area contributed by atoms with E-state index >= 15 is 0 Å². The van der Waals surface area contributed by atoms with Gasteiger partial charge >= 0.3 is 0 Å². The van der Waals surface area contributed by atoms with Crippen molar-refractivity contribution < 1.29 is 21.7 Å². The van der Waals surface area contributed by atoms with Gasteiger partial charge in [-0.05, 0) is 70.9 Å². The Morgan fingerprint density at radius 1 is 1.00 bits per heavy atom. The highest BCUT2D eigenvalue weighted by Gasteiger charge is 2.15. The van der Waals surface area contributed by atoms with Crippen LogP contribution in [0.5, 0.6) is 0 Å². The van der Waals surface area contributed by atoms with Crippen LogP contribution in [0.4, 0.5) is 11.4 Å². The highest BCUT2D eigenvalue weighted by atomic mass is 32.2. The van der Waals surface area contributed by atoms with Gasteiger partial charge in [0.05, 0.1) is 21.7 Å². The highest BCUT2D eigenvalue weighted by Crippen LogP contribution is 2.26. The molecule has 1 unspecified atom stereocenters. The van der Waals surface area contributed by atoms with Crippen LogP contribution < -0.4 is 0 Å². The molecule has 1 N–H and O–H groups in total. The maximum absolute atomic E-state index is 11.6. The predicted octanol–water partition coefficient (Wildman–Crippen LogP) is 3.81. The maximum atomic E-state index is 11.6. The van der Waals surface area contributed by atoms with Crippen LogP contribution in [0.3, 0.4) is 0 Å². The van der Waals surface area contributed by atoms with Crippen LogP contribution in [0.2, 0.25) is 0 Å². The van der Waals surface area contributed by atoms with Crippen molar-refractivity contribution >= 4 is 79.5 Å². The lowest BCUT2D eigenvalue weighted by Gasteiger charge is -2.10. The average Bonchev–Trinajstić information content (AvgIpc) is 2.61. The van der Waals surface area contributed by atoms with Gasteiger partial charge in [0.15, 0.2) is 0 Å². The van der Waals surface area contributed by atoms with Gasteiger partial charge in [-0.3, -0.25) is 8.76 Å². The number of benzene rings is 2. The number of thiocarbonyl (C=S) groups is 2. The van der Waals surface area contributed by atoms with Crippen LogP contribution in [0, 0.1) is 0 Å². The first-order valence-electron chi connectivity index (χ1n) is 6.95. The van der Waals surface area contributed by atoms with Gasteiger partial charge < -0.3 is 4.55 Å². The van der Waals surface area contributed by atoms with E-state index in [0.29, 0.717) is 5.69 Å². The molecule has 27 heavy (non-hydrogen) atoms. The van der Waals surface area contributed by atoms with E-state index < -0.39 is 26.1 Å². The van der Waals surface area contributed by atoms with E-state index in [1.807, 2.05) is 0 Å². The molecule has 0 spiro atoms. The lowest BCUT2D eigenvalue weighted by Crippen LogP contribution is -2.00. The molecule has 0 aromatic heterocycles. The Labute approximate surface area is 168 Å². The van der Waals surface area contributed by atoms with Crippen molar-refractivity contribution in [1.29, 1.82) is 0 Å². The average molecular weight is 438 g/mol. The molecule has 0 aliphatic heterocycles. The summed E-state index contributed by atoms with van der Waals surface area (Å²) in [5.74, 6) is 0. The van der Waals surface area contributed by atoms with Crippen LogP contribution in [-0.2, 0) is 21.2 Å². The molecule has 1 atom stereocenters. The minimum absolute atomic E-state index is 0.0620. The lowest BCUT2D eigenvalue weighted by atomic mass is 10.1. The van der Waals surface area contributed by atoms with Crippen molar-refractivity contribution in [1.82, 2.24) is 0 Å².